The van der Waals surface area contributed by atoms with Crippen LogP contribution in [-0.4, -0.2) is 16.6 Å². The Hall–Kier alpha value is 0.250. The SMILES string of the molecule is CC1CCC(Cl)C(O)C1. The Morgan fingerprint density at radius 2 is 2.11 bits per heavy atom. The summed E-state index contributed by atoms with van der Waals surface area (Å²) in [7, 11) is 0. The van der Waals surface area contributed by atoms with Crippen LogP contribution in [0.5, 0.6) is 0 Å². The summed E-state index contributed by atoms with van der Waals surface area (Å²) in [6.07, 6.45) is 2.78. The van der Waals surface area contributed by atoms with Gasteiger partial charge in [0.2, 0.25) is 0 Å². The predicted octanol–water partition coefficient (Wildman–Crippen LogP) is 1.77. The normalized spacial score (nSPS) is 45.0. The van der Waals surface area contributed by atoms with Gasteiger partial charge < -0.3 is 5.11 Å². The zero-order valence-electron chi connectivity index (χ0n) is 5.68. The molecule has 0 aromatic rings. The van der Waals surface area contributed by atoms with Crippen LogP contribution in [0.1, 0.15) is 26.2 Å². The lowest BCUT2D eigenvalue weighted by molar-refractivity contribution is 0.110. The van der Waals surface area contributed by atoms with Gasteiger partial charge in [-0.15, -0.1) is 11.6 Å². The molecule has 0 aromatic heterocycles. The van der Waals surface area contributed by atoms with Crippen molar-refractivity contribution in [2.24, 2.45) is 5.92 Å². The Balaban J connectivity index is 2.35. The topological polar surface area (TPSA) is 20.2 Å². The van der Waals surface area contributed by atoms with E-state index in [4.69, 9.17) is 11.6 Å². The van der Waals surface area contributed by atoms with Crippen LogP contribution in [0.3, 0.4) is 0 Å². The number of aliphatic hydroxyl groups excluding tert-OH is 1. The third-order valence-corrected chi connectivity index (χ3v) is 2.51. The number of aliphatic hydroxyl groups is 1. The van der Waals surface area contributed by atoms with E-state index in [9.17, 15) is 5.11 Å². The molecule has 0 heterocycles. The van der Waals surface area contributed by atoms with E-state index in [2.05, 4.69) is 6.92 Å². The summed E-state index contributed by atoms with van der Waals surface area (Å²) in [5, 5.41) is 9.23. The lowest BCUT2D eigenvalue weighted by Gasteiger charge is -2.26. The summed E-state index contributed by atoms with van der Waals surface area (Å²) in [5.74, 6) is 0.662. The van der Waals surface area contributed by atoms with Crippen LogP contribution in [0, 0.1) is 5.92 Å². The van der Waals surface area contributed by atoms with Gasteiger partial charge in [0.05, 0.1) is 11.5 Å². The van der Waals surface area contributed by atoms with Gasteiger partial charge in [-0.2, -0.15) is 0 Å². The Labute approximate surface area is 61.0 Å². The van der Waals surface area contributed by atoms with Crippen LogP contribution in [0.25, 0.3) is 0 Å². The lowest BCUT2D eigenvalue weighted by Crippen LogP contribution is -2.28. The first-order valence-electron chi connectivity index (χ1n) is 3.52. The summed E-state index contributed by atoms with van der Waals surface area (Å²) < 4.78 is 0. The van der Waals surface area contributed by atoms with Gasteiger partial charge in [0.1, 0.15) is 0 Å². The van der Waals surface area contributed by atoms with Gasteiger partial charge in [0.25, 0.3) is 0 Å². The fourth-order valence-electron chi connectivity index (χ4n) is 1.31. The van der Waals surface area contributed by atoms with Crippen LogP contribution < -0.4 is 0 Å². The monoisotopic (exact) mass is 148 g/mol. The molecule has 1 rings (SSSR count). The first kappa shape index (κ1) is 7.36. The van der Waals surface area contributed by atoms with Gasteiger partial charge in [0, 0.05) is 0 Å². The third kappa shape index (κ3) is 1.84. The Kier molecular flexibility index (Phi) is 2.36. The van der Waals surface area contributed by atoms with E-state index >= 15 is 0 Å². The number of hydrogen-bond acceptors (Lipinski definition) is 1. The maximum atomic E-state index is 9.22. The number of halogens is 1. The largest absolute Gasteiger partial charge is 0.392 e. The molecule has 3 unspecified atom stereocenters. The van der Waals surface area contributed by atoms with Crippen LogP contribution >= 0.6 is 11.6 Å². The highest BCUT2D eigenvalue weighted by Gasteiger charge is 2.24. The van der Waals surface area contributed by atoms with Crippen molar-refractivity contribution in [3.8, 4) is 0 Å². The Morgan fingerprint density at radius 1 is 1.44 bits per heavy atom. The molecule has 1 fully saturated rings. The molecule has 0 spiro atoms. The van der Waals surface area contributed by atoms with E-state index in [1.165, 1.54) is 6.42 Å². The molecule has 1 aliphatic carbocycles. The average Bonchev–Trinajstić information content (AvgIpc) is 1.80. The van der Waals surface area contributed by atoms with E-state index < -0.39 is 0 Å². The van der Waals surface area contributed by atoms with Gasteiger partial charge in [-0.25, -0.2) is 0 Å². The number of rotatable bonds is 0. The lowest BCUT2D eigenvalue weighted by atomic mass is 9.88. The standard InChI is InChI=1S/C7H13ClO/c1-5-2-3-6(8)7(9)4-5/h5-7,9H,2-4H2,1H3. The highest BCUT2D eigenvalue weighted by molar-refractivity contribution is 6.21. The molecule has 2 heteroatoms. The molecule has 1 nitrogen and oxygen atoms in total. The molecular formula is C7H13ClO. The van der Waals surface area contributed by atoms with Gasteiger partial charge in [-0.3, -0.25) is 0 Å². The summed E-state index contributed by atoms with van der Waals surface area (Å²) in [5.41, 5.74) is 0. The molecule has 0 aromatic carbocycles. The number of hydrogen-bond donors (Lipinski definition) is 1. The average molecular weight is 149 g/mol. The fourth-order valence-corrected chi connectivity index (χ4v) is 1.54. The van der Waals surface area contributed by atoms with Gasteiger partial charge in [-0.1, -0.05) is 6.92 Å². The van der Waals surface area contributed by atoms with Gasteiger partial charge >= 0.3 is 0 Å². The van der Waals surface area contributed by atoms with E-state index in [0.717, 1.165) is 12.8 Å². The molecule has 0 radical (unpaired) electrons. The Morgan fingerprint density at radius 3 is 2.56 bits per heavy atom. The van der Waals surface area contributed by atoms with E-state index in [0.29, 0.717) is 5.92 Å². The van der Waals surface area contributed by atoms with Crippen LogP contribution in [0.2, 0.25) is 0 Å². The van der Waals surface area contributed by atoms with Gasteiger partial charge in [-0.05, 0) is 25.2 Å². The molecule has 1 saturated carbocycles. The van der Waals surface area contributed by atoms with Crippen molar-refractivity contribution < 1.29 is 5.11 Å². The zero-order chi connectivity index (χ0) is 6.85. The van der Waals surface area contributed by atoms with E-state index in [-0.39, 0.29) is 11.5 Å². The van der Waals surface area contributed by atoms with Crippen LogP contribution in [0.15, 0.2) is 0 Å². The Bertz CT molecular complexity index is 94.9. The second-order valence-electron chi connectivity index (χ2n) is 3.00. The molecule has 9 heavy (non-hydrogen) atoms. The second kappa shape index (κ2) is 2.89. The molecule has 1 aliphatic rings. The summed E-state index contributed by atoms with van der Waals surface area (Å²) in [6.45, 7) is 2.16. The van der Waals surface area contributed by atoms with Gasteiger partial charge in [0.15, 0.2) is 0 Å². The van der Waals surface area contributed by atoms with Crippen LogP contribution in [-0.2, 0) is 0 Å². The summed E-state index contributed by atoms with van der Waals surface area (Å²) in [4.78, 5) is 0. The third-order valence-electron chi connectivity index (χ3n) is 2.00. The zero-order valence-corrected chi connectivity index (χ0v) is 6.43. The van der Waals surface area contributed by atoms with E-state index in [1.54, 1.807) is 0 Å². The fraction of sp³-hybridized carbons (Fsp3) is 1.00. The molecule has 0 aliphatic heterocycles. The minimum Gasteiger partial charge on any atom is -0.392 e. The van der Waals surface area contributed by atoms with Crippen molar-refractivity contribution in [1.82, 2.24) is 0 Å². The number of alkyl halides is 1. The molecule has 0 bridgehead atoms. The minimum atomic E-state index is -0.254. The molecule has 0 amide bonds. The first-order chi connectivity index (χ1) is 4.20. The molecule has 54 valence electrons. The van der Waals surface area contributed by atoms with Crippen LogP contribution in [0.4, 0.5) is 0 Å². The smallest absolute Gasteiger partial charge is 0.0706 e. The second-order valence-corrected chi connectivity index (χ2v) is 3.56. The van der Waals surface area contributed by atoms with Crippen molar-refractivity contribution in [3.63, 3.8) is 0 Å². The van der Waals surface area contributed by atoms with Crippen molar-refractivity contribution in [3.05, 3.63) is 0 Å². The highest BCUT2D eigenvalue weighted by atomic mass is 35.5. The highest BCUT2D eigenvalue weighted by Crippen LogP contribution is 2.27. The first-order valence-corrected chi connectivity index (χ1v) is 3.96. The molecular weight excluding hydrogens is 136 g/mol. The summed E-state index contributed by atoms with van der Waals surface area (Å²) >= 11 is 5.78. The molecule has 0 saturated heterocycles. The van der Waals surface area contributed by atoms with Crippen molar-refractivity contribution in [2.75, 3.05) is 0 Å². The minimum absolute atomic E-state index is 0.0150. The molecule has 1 N–H and O–H groups in total. The molecule has 3 atom stereocenters. The maximum Gasteiger partial charge on any atom is 0.0706 e. The predicted molar refractivity (Wildman–Crippen MR) is 38.7 cm³/mol. The summed E-state index contributed by atoms with van der Waals surface area (Å²) in [6, 6.07) is 0. The van der Waals surface area contributed by atoms with Crippen molar-refractivity contribution >= 4 is 11.6 Å². The van der Waals surface area contributed by atoms with E-state index in [1.807, 2.05) is 0 Å². The maximum absolute atomic E-state index is 9.22. The quantitative estimate of drug-likeness (QED) is 0.520. The van der Waals surface area contributed by atoms with Crippen molar-refractivity contribution in [1.29, 1.82) is 0 Å². The van der Waals surface area contributed by atoms with Crippen molar-refractivity contribution in [2.45, 2.75) is 37.7 Å².